The largest absolute Gasteiger partial charge is 0.398 e. The van der Waals surface area contributed by atoms with Gasteiger partial charge < -0.3 is 16.2 Å². The van der Waals surface area contributed by atoms with Crippen LogP contribution in [0.4, 0.5) is 5.69 Å². The molecule has 0 radical (unpaired) electrons. The topological polar surface area (TPSA) is 75.4 Å². The molecule has 18 heavy (non-hydrogen) atoms. The van der Waals surface area contributed by atoms with E-state index >= 15 is 0 Å². The van der Waals surface area contributed by atoms with Crippen LogP contribution in [0.2, 0.25) is 0 Å². The normalized spacial score (nSPS) is 10.3. The van der Waals surface area contributed by atoms with Crippen LogP contribution >= 0.6 is 27.7 Å². The molecule has 0 spiro atoms. The molecule has 4 nitrogen and oxygen atoms in total. The van der Waals surface area contributed by atoms with Crippen molar-refractivity contribution in [2.24, 2.45) is 0 Å². The minimum Gasteiger partial charge on any atom is -0.398 e. The third kappa shape index (κ3) is 5.29. The second kappa shape index (κ2) is 8.39. The number of benzene rings is 1. The van der Waals surface area contributed by atoms with E-state index < -0.39 is 0 Å². The number of nitrogens with one attached hydrogen (secondary N) is 1. The smallest absolute Gasteiger partial charge is 0.253 e. The Hall–Kier alpha value is -0.720. The molecule has 6 heteroatoms. The first-order valence-electron chi connectivity index (χ1n) is 5.67. The minimum absolute atomic E-state index is 0.150. The Balaban J connectivity index is 2.32. The molecule has 1 rings (SSSR count). The third-order valence-electron chi connectivity index (χ3n) is 2.24. The van der Waals surface area contributed by atoms with Crippen LogP contribution in [-0.4, -0.2) is 35.7 Å². The van der Waals surface area contributed by atoms with Crippen molar-refractivity contribution in [3.8, 4) is 0 Å². The molecule has 1 aromatic rings. The molecular weight excluding hydrogens is 316 g/mol. The molecule has 4 N–H and O–H groups in total. The molecule has 0 aliphatic rings. The van der Waals surface area contributed by atoms with Gasteiger partial charge >= 0.3 is 0 Å². The number of rotatable bonds is 7. The number of nitrogen functional groups attached to an aromatic ring is 1. The summed E-state index contributed by atoms with van der Waals surface area (Å²) in [5, 5.41) is 11.4. The predicted molar refractivity (Wildman–Crippen MR) is 79.9 cm³/mol. The number of halogens is 1. The summed E-state index contributed by atoms with van der Waals surface area (Å²) in [5.41, 5.74) is 6.73. The molecule has 0 aromatic heterocycles. The molecule has 1 amide bonds. The lowest BCUT2D eigenvalue weighted by Gasteiger charge is -2.07. The van der Waals surface area contributed by atoms with Crippen molar-refractivity contribution in [1.29, 1.82) is 0 Å². The molecule has 0 saturated carbocycles. The maximum atomic E-state index is 11.8. The summed E-state index contributed by atoms with van der Waals surface area (Å²) in [7, 11) is 0. The zero-order chi connectivity index (χ0) is 13.4. The van der Waals surface area contributed by atoms with Gasteiger partial charge in [0.05, 0.1) is 5.56 Å². The fourth-order valence-corrected chi connectivity index (χ4v) is 2.50. The SMILES string of the molecule is Nc1cc(Br)ccc1C(=O)NCCSCCCO. The number of hydrogen-bond donors (Lipinski definition) is 3. The molecule has 100 valence electrons. The van der Waals surface area contributed by atoms with Crippen molar-refractivity contribution in [1.82, 2.24) is 5.32 Å². The van der Waals surface area contributed by atoms with E-state index in [1.807, 2.05) is 0 Å². The average Bonchev–Trinajstić information content (AvgIpc) is 2.33. The second-order valence-electron chi connectivity index (χ2n) is 3.68. The van der Waals surface area contributed by atoms with Crippen molar-refractivity contribution in [3.05, 3.63) is 28.2 Å². The summed E-state index contributed by atoms with van der Waals surface area (Å²) in [6, 6.07) is 5.21. The number of anilines is 1. The highest BCUT2D eigenvalue weighted by Gasteiger charge is 2.08. The molecular formula is C12H17BrN2O2S. The van der Waals surface area contributed by atoms with Gasteiger partial charge in [0.1, 0.15) is 0 Å². The van der Waals surface area contributed by atoms with E-state index in [1.54, 1.807) is 30.0 Å². The van der Waals surface area contributed by atoms with E-state index in [4.69, 9.17) is 10.8 Å². The maximum Gasteiger partial charge on any atom is 0.253 e. The zero-order valence-electron chi connectivity index (χ0n) is 9.99. The number of aliphatic hydroxyl groups excluding tert-OH is 1. The summed E-state index contributed by atoms with van der Waals surface area (Å²) in [5.74, 6) is 1.59. The van der Waals surface area contributed by atoms with Gasteiger partial charge in [0.25, 0.3) is 5.91 Å². The second-order valence-corrected chi connectivity index (χ2v) is 5.82. The van der Waals surface area contributed by atoms with Gasteiger partial charge in [-0.15, -0.1) is 0 Å². The van der Waals surface area contributed by atoms with Crippen molar-refractivity contribution in [2.75, 3.05) is 30.4 Å². The Morgan fingerprint density at radius 3 is 2.89 bits per heavy atom. The van der Waals surface area contributed by atoms with Crippen LogP contribution < -0.4 is 11.1 Å². The van der Waals surface area contributed by atoms with E-state index in [9.17, 15) is 4.79 Å². The Morgan fingerprint density at radius 2 is 2.22 bits per heavy atom. The summed E-state index contributed by atoms with van der Waals surface area (Å²) in [6.45, 7) is 0.819. The summed E-state index contributed by atoms with van der Waals surface area (Å²) < 4.78 is 0.858. The number of nitrogens with two attached hydrogens (primary N) is 1. The highest BCUT2D eigenvalue weighted by Crippen LogP contribution is 2.18. The lowest BCUT2D eigenvalue weighted by Crippen LogP contribution is -2.26. The summed E-state index contributed by atoms with van der Waals surface area (Å²) >= 11 is 5.01. The Kier molecular flexibility index (Phi) is 7.15. The summed E-state index contributed by atoms with van der Waals surface area (Å²) in [4.78, 5) is 11.8. The Bertz CT molecular complexity index is 402. The molecule has 1 aromatic carbocycles. The molecule has 0 unspecified atom stereocenters. The molecule has 0 aliphatic carbocycles. The van der Waals surface area contributed by atoms with E-state index in [1.165, 1.54) is 0 Å². The van der Waals surface area contributed by atoms with E-state index in [-0.39, 0.29) is 12.5 Å². The average molecular weight is 333 g/mol. The lowest BCUT2D eigenvalue weighted by molar-refractivity contribution is 0.0957. The minimum atomic E-state index is -0.150. The van der Waals surface area contributed by atoms with Gasteiger partial charge in [-0.3, -0.25) is 4.79 Å². The van der Waals surface area contributed by atoms with Crippen LogP contribution in [-0.2, 0) is 0 Å². The molecule has 0 aliphatic heterocycles. The zero-order valence-corrected chi connectivity index (χ0v) is 12.4. The van der Waals surface area contributed by atoms with Gasteiger partial charge in [-0.2, -0.15) is 11.8 Å². The standard InChI is InChI=1S/C12H17BrN2O2S/c13-9-2-3-10(11(14)8-9)12(17)15-4-7-18-6-1-5-16/h2-3,8,16H,1,4-7,14H2,(H,15,17). The van der Waals surface area contributed by atoms with E-state index in [0.29, 0.717) is 17.8 Å². The molecule has 0 atom stereocenters. The fraction of sp³-hybridized carbons (Fsp3) is 0.417. The number of carbonyl (C=O) groups is 1. The van der Waals surface area contributed by atoms with Crippen molar-refractivity contribution >= 4 is 39.3 Å². The first-order chi connectivity index (χ1) is 8.65. The van der Waals surface area contributed by atoms with Gasteiger partial charge in [0, 0.05) is 29.1 Å². The van der Waals surface area contributed by atoms with Crippen LogP contribution in [0.3, 0.4) is 0 Å². The van der Waals surface area contributed by atoms with Gasteiger partial charge in [0.2, 0.25) is 0 Å². The van der Waals surface area contributed by atoms with Crippen LogP contribution in [0.15, 0.2) is 22.7 Å². The molecule has 0 saturated heterocycles. The lowest BCUT2D eigenvalue weighted by atomic mass is 10.2. The molecule has 0 fully saturated rings. The maximum absolute atomic E-state index is 11.8. The van der Waals surface area contributed by atoms with Crippen LogP contribution in [0, 0.1) is 0 Å². The van der Waals surface area contributed by atoms with Crippen molar-refractivity contribution in [2.45, 2.75) is 6.42 Å². The number of carbonyl (C=O) groups excluding carboxylic acids is 1. The third-order valence-corrected chi connectivity index (χ3v) is 3.80. The van der Waals surface area contributed by atoms with Crippen LogP contribution in [0.5, 0.6) is 0 Å². The summed E-state index contributed by atoms with van der Waals surface area (Å²) in [6.07, 6.45) is 0.790. The van der Waals surface area contributed by atoms with Crippen LogP contribution in [0.25, 0.3) is 0 Å². The van der Waals surface area contributed by atoms with E-state index in [0.717, 1.165) is 22.4 Å². The van der Waals surface area contributed by atoms with E-state index in [2.05, 4.69) is 21.2 Å². The van der Waals surface area contributed by atoms with Gasteiger partial charge in [-0.05, 0) is 30.4 Å². The number of aliphatic hydroxyl groups is 1. The Labute approximate surface area is 119 Å². The predicted octanol–water partition coefficient (Wildman–Crippen LogP) is 1.88. The quantitative estimate of drug-likeness (QED) is 0.526. The first kappa shape index (κ1) is 15.3. The fourth-order valence-electron chi connectivity index (χ4n) is 1.34. The number of thioether (sulfide) groups is 1. The van der Waals surface area contributed by atoms with Crippen LogP contribution in [0.1, 0.15) is 16.8 Å². The number of hydrogen-bond acceptors (Lipinski definition) is 4. The highest BCUT2D eigenvalue weighted by molar-refractivity contribution is 9.10. The van der Waals surface area contributed by atoms with Gasteiger partial charge in [-0.25, -0.2) is 0 Å². The highest BCUT2D eigenvalue weighted by atomic mass is 79.9. The molecule has 0 heterocycles. The van der Waals surface area contributed by atoms with Crippen molar-refractivity contribution in [3.63, 3.8) is 0 Å². The van der Waals surface area contributed by atoms with Crippen molar-refractivity contribution < 1.29 is 9.90 Å². The number of amides is 1. The monoisotopic (exact) mass is 332 g/mol. The first-order valence-corrected chi connectivity index (χ1v) is 7.61. The van der Waals surface area contributed by atoms with Gasteiger partial charge in [0.15, 0.2) is 0 Å². The molecule has 0 bridgehead atoms. The van der Waals surface area contributed by atoms with Gasteiger partial charge in [-0.1, -0.05) is 15.9 Å². The Morgan fingerprint density at radius 1 is 1.44 bits per heavy atom.